The van der Waals surface area contributed by atoms with Crippen LogP contribution in [0.15, 0.2) is 48.5 Å². The van der Waals surface area contributed by atoms with E-state index in [0.717, 1.165) is 25.3 Å². The van der Waals surface area contributed by atoms with Crippen molar-refractivity contribution >= 4 is 39.7 Å². The first kappa shape index (κ1) is 34.5. The summed E-state index contributed by atoms with van der Waals surface area (Å²) in [4.78, 5) is 26.7. The zero-order valence-corrected chi connectivity index (χ0v) is 26.9. The van der Waals surface area contributed by atoms with Gasteiger partial charge in [0, 0.05) is 43.4 Å². The van der Waals surface area contributed by atoms with Gasteiger partial charge in [-0.1, -0.05) is 18.0 Å². The molecule has 2 aliphatic heterocycles. The third-order valence-electron chi connectivity index (χ3n) is 7.80. The Hall–Kier alpha value is -3.88. The highest BCUT2D eigenvalue weighted by Crippen LogP contribution is 2.41. The molecule has 1 aromatic heterocycles. The Morgan fingerprint density at radius 2 is 1.74 bits per heavy atom. The van der Waals surface area contributed by atoms with E-state index in [1.165, 1.54) is 48.6 Å². The minimum Gasteiger partial charge on any atom is -0.463 e. The van der Waals surface area contributed by atoms with Gasteiger partial charge in [0.25, 0.3) is 5.91 Å². The zero-order chi connectivity index (χ0) is 33.9. The lowest BCUT2D eigenvalue weighted by atomic mass is 9.99. The number of hydrazine groups is 1. The first-order valence-electron chi connectivity index (χ1n) is 15.0. The Morgan fingerprint density at radius 3 is 2.38 bits per heavy atom. The van der Waals surface area contributed by atoms with E-state index in [1.54, 1.807) is 16.5 Å². The molecule has 252 valence electrons. The van der Waals surface area contributed by atoms with Gasteiger partial charge in [0.1, 0.15) is 11.6 Å². The molecular formula is C32H32ClF4N3O6S. The van der Waals surface area contributed by atoms with Gasteiger partial charge in [-0.3, -0.25) is 9.80 Å². The number of hydrogen-bond acceptors (Lipinski definition) is 7. The van der Waals surface area contributed by atoms with Crippen molar-refractivity contribution in [1.29, 1.82) is 0 Å². The summed E-state index contributed by atoms with van der Waals surface area (Å²) in [6, 6.07) is 9.30. The number of benzene rings is 2. The molecule has 0 N–H and O–H groups in total. The SMILES string of the molecule is CCOC(=O)/C=C/c1c2c(n(-c3ccc(F)cc3Cl)c1-c1ccc(OS(=O)(=O)CCC(F)(F)F)cc1)CCN(N1CCCCC1)C2=O. The quantitative estimate of drug-likeness (QED) is 0.102. The van der Waals surface area contributed by atoms with Crippen LogP contribution in [0, 0.1) is 5.82 Å². The average Bonchev–Trinajstić information content (AvgIpc) is 3.34. The number of carbonyl (C=O) groups excluding carboxylic acids is 2. The Bertz CT molecular complexity index is 1790. The number of alkyl halides is 3. The summed E-state index contributed by atoms with van der Waals surface area (Å²) in [7, 11) is -4.56. The van der Waals surface area contributed by atoms with Crippen LogP contribution in [-0.2, 0) is 26.1 Å². The highest BCUT2D eigenvalue weighted by atomic mass is 35.5. The number of carbonyl (C=O) groups is 2. The minimum atomic E-state index is -4.68. The standard InChI is InChI=1S/C32H32ClF4N3O6S/c1-2-45-28(41)13-11-24-29-27(14-18-39(31(29)42)38-16-4-3-5-17-38)40(26-12-8-22(34)20-25(26)33)30(24)21-6-9-23(10-7-21)46-47(43,44)19-15-32(35,36)37/h6-13,20H,2-5,14-19H2,1H3/b13-11+. The lowest BCUT2D eigenvalue weighted by molar-refractivity contribution is -0.137. The summed E-state index contributed by atoms with van der Waals surface area (Å²) in [5.74, 6) is -3.01. The van der Waals surface area contributed by atoms with Crippen LogP contribution < -0.4 is 4.18 Å². The maximum Gasteiger partial charge on any atom is 0.390 e. The molecule has 15 heteroatoms. The topological polar surface area (TPSA) is 98.1 Å². The molecule has 2 aliphatic rings. The summed E-state index contributed by atoms with van der Waals surface area (Å²) in [6.07, 6.45) is -0.284. The van der Waals surface area contributed by atoms with Crippen molar-refractivity contribution in [3.05, 3.63) is 76.2 Å². The van der Waals surface area contributed by atoms with Crippen LogP contribution in [-0.4, -0.2) is 73.0 Å². The third-order valence-corrected chi connectivity index (χ3v) is 9.25. The van der Waals surface area contributed by atoms with Crippen LogP contribution in [0.3, 0.4) is 0 Å². The monoisotopic (exact) mass is 697 g/mol. The molecule has 3 aromatic rings. The number of halogens is 5. The lowest BCUT2D eigenvalue weighted by Gasteiger charge is -2.39. The normalized spacial score (nSPS) is 16.0. The van der Waals surface area contributed by atoms with E-state index in [1.807, 2.05) is 5.01 Å². The summed E-state index contributed by atoms with van der Waals surface area (Å²) in [5.41, 5.74) is 2.35. The number of ether oxygens (including phenoxy) is 1. The molecule has 0 spiro atoms. The average molecular weight is 698 g/mol. The van der Waals surface area contributed by atoms with E-state index in [-0.39, 0.29) is 23.3 Å². The van der Waals surface area contributed by atoms with Crippen LogP contribution in [0.2, 0.25) is 5.02 Å². The predicted molar refractivity (Wildman–Crippen MR) is 167 cm³/mol. The molecule has 1 saturated heterocycles. The summed E-state index contributed by atoms with van der Waals surface area (Å²) >= 11 is 6.57. The van der Waals surface area contributed by atoms with Crippen molar-refractivity contribution < 1.29 is 44.5 Å². The van der Waals surface area contributed by atoms with Gasteiger partial charge in [0.2, 0.25) is 0 Å². The fourth-order valence-electron chi connectivity index (χ4n) is 5.76. The molecule has 0 aliphatic carbocycles. The van der Waals surface area contributed by atoms with Gasteiger partial charge in [-0.25, -0.2) is 14.2 Å². The summed E-state index contributed by atoms with van der Waals surface area (Å²) < 4.78 is 88.2. The van der Waals surface area contributed by atoms with Gasteiger partial charge < -0.3 is 13.5 Å². The number of amides is 1. The van der Waals surface area contributed by atoms with Crippen molar-refractivity contribution in [2.45, 2.75) is 45.2 Å². The molecule has 9 nitrogen and oxygen atoms in total. The molecular weight excluding hydrogens is 666 g/mol. The van der Waals surface area contributed by atoms with E-state index < -0.39 is 40.3 Å². The van der Waals surface area contributed by atoms with Crippen molar-refractivity contribution in [3.63, 3.8) is 0 Å². The number of esters is 1. The third kappa shape index (κ3) is 7.99. The summed E-state index contributed by atoms with van der Waals surface area (Å²) in [6.45, 7) is 3.55. The van der Waals surface area contributed by atoms with Gasteiger partial charge in [-0.15, -0.1) is 0 Å². The first-order valence-corrected chi connectivity index (χ1v) is 17.0. The second kappa shape index (κ2) is 14.1. The van der Waals surface area contributed by atoms with Crippen LogP contribution >= 0.6 is 11.6 Å². The fourth-order valence-corrected chi connectivity index (χ4v) is 6.98. The lowest BCUT2D eigenvalue weighted by Crippen LogP contribution is -2.51. The molecule has 1 fully saturated rings. The molecule has 1 amide bonds. The van der Waals surface area contributed by atoms with Gasteiger partial charge in [0.05, 0.1) is 40.7 Å². The van der Waals surface area contributed by atoms with Crippen molar-refractivity contribution in [1.82, 2.24) is 14.6 Å². The number of rotatable bonds is 10. The zero-order valence-electron chi connectivity index (χ0n) is 25.4. The molecule has 0 bridgehead atoms. The van der Waals surface area contributed by atoms with Gasteiger partial charge >= 0.3 is 22.3 Å². The second-order valence-electron chi connectivity index (χ2n) is 11.0. The largest absolute Gasteiger partial charge is 0.463 e. The Morgan fingerprint density at radius 1 is 1.04 bits per heavy atom. The molecule has 5 rings (SSSR count). The van der Waals surface area contributed by atoms with E-state index in [0.29, 0.717) is 59.8 Å². The van der Waals surface area contributed by atoms with E-state index in [9.17, 15) is 35.6 Å². The van der Waals surface area contributed by atoms with E-state index in [4.69, 9.17) is 20.5 Å². The number of nitrogens with zero attached hydrogens (tertiary/aromatic N) is 3. The predicted octanol–water partition coefficient (Wildman–Crippen LogP) is 6.57. The Labute approximate surface area is 274 Å². The maximum absolute atomic E-state index is 14.3. The van der Waals surface area contributed by atoms with Crippen LogP contribution in [0.25, 0.3) is 23.0 Å². The molecule has 0 unspecified atom stereocenters. The summed E-state index contributed by atoms with van der Waals surface area (Å²) in [5, 5.41) is 3.76. The maximum atomic E-state index is 14.3. The number of aromatic nitrogens is 1. The number of piperidine rings is 1. The van der Waals surface area contributed by atoms with E-state index in [2.05, 4.69) is 0 Å². The van der Waals surface area contributed by atoms with Crippen LogP contribution in [0.4, 0.5) is 17.6 Å². The molecule has 47 heavy (non-hydrogen) atoms. The molecule has 3 heterocycles. The molecule has 2 aromatic carbocycles. The van der Waals surface area contributed by atoms with Crippen LogP contribution in [0.5, 0.6) is 5.75 Å². The number of hydrogen-bond donors (Lipinski definition) is 0. The van der Waals surface area contributed by atoms with Crippen LogP contribution in [0.1, 0.15) is 54.2 Å². The van der Waals surface area contributed by atoms with E-state index >= 15 is 0 Å². The first-order chi connectivity index (χ1) is 22.3. The Balaban J connectivity index is 1.66. The molecule has 0 radical (unpaired) electrons. The van der Waals surface area contributed by atoms with Gasteiger partial charge in [-0.2, -0.15) is 21.6 Å². The smallest absolute Gasteiger partial charge is 0.390 e. The highest BCUT2D eigenvalue weighted by molar-refractivity contribution is 7.87. The van der Waals surface area contributed by atoms with Crippen molar-refractivity contribution in [2.24, 2.45) is 0 Å². The fraction of sp³-hybridized carbons (Fsp3) is 0.375. The molecule has 0 atom stereocenters. The van der Waals surface area contributed by atoms with Gasteiger partial charge in [0.15, 0.2) is 0 Å². The Kier molecular flexibility index (Phi) is 10.3. The second-order valence-corrected chi connectivity index (χ2v) is 13.1. The van der Waals surface area contributed by atoms with Crippen molar-refractivity contribution in [2.75, 3.05) is 32.0 Å². The van der Waals surface area contributed by atoms with Gasteiger partial charge in [-0.05, 0) is 73.9 Å². The van der Waals surface area contributed by atoms with Crippen molar-refractivity contribution in [3.8, 4) is 22.7 Å². The highest BCUT2D eigenvalue weighted by Gasteiger charge is 2.37. The minimum absolute atomic E-state index is 0.0478. The molecule has 0 saturated carbocycles. The number of fused-ring (bicyclic) bond motifs is 1.